The Morgan fingerprint density at radius 3 is 2.48 bits per heavy atom. The van der Waals surface area contributed by atoms with E-state index in [0.717, 1.165) is 24.0 Å². The number of ether oxygens (including phenoxy) is 1. The molecule has 0 bridgehead atoms. The molecule has 1 aromatic carbocycles. The maximum atomic E-state index is 13.0. The second kappa shape index (κ2) is 7.39. The number of carbonyl (C=O) groups is 2. The molecule has 1 aliphatic heterocycles. The van der Waals surface area contributed by atoms with E-state index >= 15 is 0 Å². The van der Waals surface area contributed by atoms with E-state index in [1.165, 1.54) is 23.9 Å². The van der Waals surface area contributed by atoms with Crippen LogP contribution < -0.4 is 4.74 Å². The van der Waals surface area contributed by atoms with Gasteiger partial charge in [-0.2, -0.15) is 0 Å². The molecule has 1 fully saturated rings. The Balaban J connectivity index is 1.52. The number of aromatic nitrogens is 1. The summed E-state index contributed by atoms with van der Waals surface area (Å²) in [5.74, 6) is -0.805. The number of amides is 1. The van der Waals surface area contributed by atoms with Gasteiger partial charge in [-0.1, -0.05) is 24.3 Å². The average molecular weight is 366 g/mol. The van der Waals surface area contributed by atoms with E-state index < -0.39 is 12.0 Å². The lowest BCUT2D eigenvalue weighted by atomic mass is 9.93. The molecule has 1 aromatic heterocycles. The molecule has 140 valence electrons. The predicted octanol–water partition coefficient (Wildman–Crippen LogP) is 3.05. The number of carboxylic acid groups (broad SMARTS) is 1. The minimum Gasteiger partial charge on any atom is -0.480 e. The number of aliphatic carboxylic acids is 1. The first-order chi connectivity index (χ1) is 13.1. The highest BCUT2D eigenvalue weighted by Crippen LogP contribution is 2.26. The van der Waals surface area contributed by atoms with Gasteiger partial charge in [0, 0.05) is 25.2 Å². The summed E-state index contributed by atoms with van der Waals surface area (Å²) in [7, 11) is 0. The number of hydrogen-bond acceptors (Lipinski definition) is 4. The molecule has 0 spiro atoms. The third kappa shape index (κ3) is 3.65. The van der Waals surface area contributed by atoms with Crippen molar-refractivity contribution in [2.45, 2.75) is 50.8 Å². The molecule has 6 heteroatoms. The van der Waals surface area contributed by atoms with Gasteiger partial charge in [-0.3, -0.25) is 4.79 Å². The summed E-state index contributed by atoms with van der Waals surface area (Å²) in [6.45, 7) is 0.284. The molecular weight excluding hydrogens is 344 g/mol. The van der Waals surface area contributed by atoms with Crippen LogP contribution in [0.3, 0.4) is 0 Å². The van der Waals surface area contributed by atoms with Crippen LogP contribution in [0.25, 0.3) is 0 Å². The van der Waals surface area contributed by atoms with Crippen molar-refractivity contribution in [3.63, 3.8) is 0 Å². The number of carboxylic acids is 1. The minimum absolute atomic E-state index is 0.203. The van der Waals surface area contributed by atoms with Crippen molar-refractivity contribution in [2.24, 2.45) is 0 Å². The lowest BCUT2D eigenvalue weighted by Crippen LogP contribution is -2.48. The Hall–Kier alpha value is -2.89. The van der Waals surface area contributed by atoms with Crippen LogP contribution in [0.4, 0.5) is 0 Å². The highest BCUT2D eigenvalue weighted by molar-refractivity contribution is 5.96. The van der Waals surface area contributed by atoms with Gasteiger partial charge in [0.1, 0.15) is 12.1 Å². The van der Waals surface area contributed by atoms with Crippen LogP contribution in [0, 0.1) is 0 Å². The van der Waals surface area contributed by atoms with Crippen molar-refractivity contribution >= 4 is 11.9 Å². The van der Waals surface area contributed by atoms with Gasteiger partial charge in [-0.25, -0.2) is 9.78 Å². The van der Waals surface area contributed by atoms with Crippen molar-refractivity contribution in [1.29, 1.82) is 0 Å². The van der Waals surface area contributed by atoms with E-state index in [1.54, 1.807) is 12.1 Å². The molecule has 2 aliphatic rings. The molecule has 1 aliphatic carbocycles. The molecule has 1 unspecified atom stereocenters. The zero-order valence-corrected chi connectivity index (χ0v) is 15.0. The zero-order valence-electron chi connectivity index (χ0n) is 15.0. The number of pyridine rings is 1. The third-order valence-corrected chi connectivity index (χ3v) is 5.37. The quantitative estimate of drug-likeness (QED) is 0.900. The Morgan fingerprint density at radius 2 is 1.81 bits per heavy atom. The first kappa shape index (κ1) is 17.5. The van der Waals surface area contributed by atoms with Gasteiger partial charge >= 0.3 is 5.97 Å². The Morgan fingerprint density at radius 1 is 1.07 bits per heavy atom. The summed E-state index contributed by atoms with van der Waals surface area (Å²) in [5, 5.41) is 9.60. The zero-order chi connectivity index (χ0) is 18.8. The normalized spacial score (nSPS) is 19.6. The first-order valence-electron chi connectivity index (χ1n) is 9.35. The van der Waals surface area contributed by atoms with E-state index in [0.29, 0.717) is 17.9 Å². The largest absolute Gasteiger partial charge is 0.480 e. The Kier molecular flexibility index (Phi) is 4.79. The van der Waals surface area contributed by atoms with Gasteiger partial charge in [-0.05, 0) is 42.9 Å². The molecule has 6 nitrogen and oxygen atoms in total. The fourth-order valence-corrected chi connectivity index (χ4v) is 3.88. The van der Waals surface area contributed by atoms with Crippen LogP contribution in [0.15, 0.2) is 42.6 Å². The number of carbonyl (C=O) groups excluding carboxylic acids is 1. The number of hydrogen-bond donors (Lipinski definition) is 1. The van der Waals surface area contributed by atoms with Crippen LogP contribution >= 0.6 is 0 Å². The molecule has 1 atom stereocenters. The maximum absolute atomic E-state index is 13.0. The SMILES string of the molecule is O=C(O)C1Cc2ccccc2CN1C(=O)c1ccc(OC2CCCC2)nc1. The fourth-order valence-electron chi connectivity index (χ4n) is 3.88. The minimum atomic E-state index is -0.994. The van der Waals surface area contributed by atoms with E-state index in [2.05, 4.69) is 4.98 Å². The number of rotatable bonds is 4. The summed E-state index contributed by atoms with van der Waals surface area (Å²) >= 11 is 0. The second-order valence-corrected chi connectivity index (χ2v) is 7.17. The molecule has 0 radical (unpaired) electrons. The van der Waals surface area contributed by atoms with Gasteiger partial charge < -0.3 is 14.7 Å². The van der Waals surface area contributed by atoms with Gasteiger partial charge in [0.05, 0.1) is 5.56 Å². The van der Waals surface area contributed by atoms with Gasteiger partial charge in [0.2, 0.25) is 5.88 Å². The Labute approximate surface area is 157 Å². The van der Waals surface area contributed by atoms with E-state index in [4.69, 9.17) is 4.74 Å². The van der Waals surface area contributed by atoms with Crippen molar-refractivity contribution < 1.29 is 19.4 Å². The predicted molar refractivity (Wildman–Crippen MR) is 98.6 cm³/mol. The standard InChI is InChI=1S/C21H22N2O4/c24-20(15-9-10-19(22-12-15)27-17-7-3-4-8-17)23-13-16-6-2-1-5-14(16)11-18(23)21(25)26/h1-2,5-6,9-10,12,17-18H,3-4,7-8,11,13H2,(H,25,26). The molecule has 27 heavy (non-hydrogen) atoms. The topological polar surface area (TPSA) is 79.7 Å². The van der Waals surface area contributed by atoms with Gasteiger partial charge in [-0.15, -0.1) is 0 Å². The lowest BCUT2D eigenvalue weighted by Gasteiger charge is -2.34. The smallest absolute Gasteiger partial charge is 0.326 e. The molecular formula is C21H22N2O4. The molecule has 4 rings (SSSR count). The van der Waals surface area contributed by atoms with Crippen LogP contribution in [0.1, 0.15) is 47.2 Å². The van der Waals surface area contributed by atoms with Crippen molar-refractivity contribution in [3.8, 4) is 5.88 Å². The molecule has 1 saturated carbocycles. The van der Waals surface area contributed by atoms with Gasteiger partial charge in [0.25, 0.3) is 5.91 Å². The first-order valence-corrected chi connectivity index (χ1v) is 9.35. The number of nitrogens with zero attached hydrogens (tertiary/aromatic N) is 2. The summed E-state index contributed by atoms with van der Waals surface area (Å²) in [6, 6.07) is 10.1. The van der Waals surface area contributed by atoms with Crippen LogP contribution in [0.2, 0.25) is 0 Å². The summed E-state index contributed by atoms with van der Waals surface area (Å²) in [4.78, 5) is 30.4. The monoisotopic (exact) mass is 366 g/mol. The van der Waals surface area contributed by atoms with Crippen molar-refractivity contribution in [1.82, 2.24) is 9.88 Å². The summed E-state index contributed by atoms with van der Waals surface area (Å²) < 4.78 is 5.83. The summed E-state index contributed by atoms with van der Waals surface area (Å²) in [5.41, 5.74) is 2.34. The molecule has 1 N–H and O–H groups in total. The van der Waals surface area contributed by atoms with Crippen LogP contribution in [0.5, 0.6) is 5.88 Å². The van der Waals surface area contributed by atoms with E-state index in [9.17, 15) is 14.7 Å². The van der Waals surface area contributed by atoms with E-state index in [-0.39, 0.29) is 18.6 Å². The third-order valence-electron chi connectivity index (χ3n) is 5.37. The van der Waals surface area contributed by atoms with Gasteiger partial charge in [0.15, 0.2) is 0 Å². The van der Waals surface area contributed by atoms with Crippen LogP contribution in [-0.2, 0) is 17.8 Å². The number of fused-ring (bicyclic) bond motifs is 1. The molecule has 2 aromatic rings. The molecule has 0 saturated heterocycles. The van der Waals surface area contributed by atoms with Crippen molar-refractivity contribution in [3.05, 3.63) is 59.3 Å². The molecule has 1 amide bonds. The lowest BCUT2D eigenvalue weighted by molar-refractivity contribution is -0.142. The highest BCUT2D eigenvalue weighted by atomic mass is 16.5. The fraction of sp³-hybridized carbons (Fsp3) is 0.381. The average Bonchev–Trinajstić information content (AvgIpc) is 3.20. The van der Waals surface area contributed by atoms with E-state index in [1.807, 2.05) is 24.3 Å². The maximum Gasteiger partial charge on any atom is 0.326 e. The number of benzene rings is 1. The van der Waals surface area contributed by atoms with Crippen LogP contribution in [-0.4, -0.2) is 39.0 Å². The van der Waals surface area contributed by atoms with Crippen molar-refractivity contribution in [2.75, 3.05) is 0 Å². The Bertz CT molecular complexity index is 844. The second-order valence-electron chi connectivity index (χ2n) is 7.17. The molecule has 2 heterocycles. The summed E-state index contributed by atoms with van der Waals surface area (Å²) in [6.07, 6.45) is 6.42. The highest BCUT2D eigenvalue weighted by Gasteiger charge is 2.35.